The van der Waals surface area contributed by atoms with Gasteiger partial charge in [-0.25, -0.2) is 0 Å². The standard InChI is InChI=1S/C15H14N8O4S2/c24-22(25)12-10(16-14-20(12)6-8-28-14)18-2-1-3-19(5-4-18)11-13(23(26)27)21-7-9-29-15(21)17-11/h6-9H,1-5H2. The minimum atomic E-state index is -0.418. The molecule has 14 heteroatoms. The largest absolute Gasteiger partial charge is 0.373 e. The van der Waals surface area contributed by atoms with E-state index in [0.29, 0.717) is 54.2 Å². The van der Waals surface area contributed by atoms with Gasteiger partial charge in [0.25, 0.3) is 9.92 Å². The van der Waals surface area contributed by atoms with Crippen LogP contribution in [0.1, 0.15) is 6.42 Å². The van der Waals surface area contributed by atoms with Crippen LogP contribution >= 0.6 is 22.7 Å². The molecule has 12 nitrogen and oxygen atoms in total. The van der Waals surface area contributed by atoms with E-state index in [1.165, 1.54) is 31.5 Å². The number of hydrogen-bond donors (Lipinski definition) is 0. The van der Waals surface area contributed by atoms with E-state index >= 15 is 0 Å². The molecular formula is C15H14N8O4S2. The zero-order chi connectivity index (χ0) is 20.1. The maximum absolute atomic E-state index is 11.6. The Kier molecular flexibility index (Phi) is 4.09. The quantitative estimate of drug-likeness (QED) is 0.354. The van der Waals surface area contributed by atoms with Gasteiger partial charge in [-0.05, 0) is 16.3 Å². The van der Waals surface area contributed by atoms with Crippen LogP contribution in [0.2, 0.25) is 0 Å². The van der Waals surface area contributed by atoms with Crippen LogP contribution < -0.4 is 9.80 Å². The molecule has 0 radical (unpaired) electrons. The van der Waals surface area contributed by atoms with Gasteiger partial charge >= 0.3 is 11.6 Å². The number of fused-ring (bicyclic) bond motifs is 2. The molecule has 1 saturated heterocycles. The molecule has 0 unspecified atom stereocenters. The van der Waals surface area contributed by atoms with Crippen LogP contribution in [0.15, 0.2) is 23.2 Å². The molecule has 0 saturated carbocycles. The molecule has 0 bridgehead atoms. The monoisotopic (exact) mass is 434 g/mol. The lowest BCUT2D eigenvalue weighted by molar-refractivity contribution is -0.389. The second kappa shape index (κ2) is 6.66. The molecule has 4 aromatic heterocycles. The number of thiazole rings is 2. The van der Waals surface area contributed by atoms with Crippen LogP contribution in [-0.2, 0) is 0 Å². The first-order chi connectivity index (χ1) is 14.0. The number of hydrogen-bond acceptors (Lipinski definition) is 10. The Morgan fingerprint density at radius 2 is 1.24 bits per heavy atom. The number of anilines is 2. The molecule has 1 fully saturated rings. The summed E-state index contributed by atoms with van der Waals surface area (Å²) in [7, 11) is 0. The number of aromatic nitrogens is 4. The molecule has 1 aliphatic rings. The Hall–Kier alpha value is -3.26. The van der Waals surface area contributed by atoms with Crippen molar-refractivity contribution in [2.75, 3.05) is 36.0 Å². The molecule has 5 heterocycles. The lowest BCUT2D eigenvalue weighted by atomic mass is 10.3. The summed E-state index contributed by atoms with van der Waals surface area (Å²) in [4.78, 5) is 36.2. The smallest absolute Gasteiger partial charge is 0.358 e. The third-order valence-corrected chi connectivity index (χ3v) is 6.39. The fourth-order valence-electron chi connectivity index (χ4n) is 3.63. The van der Waals surface area contributed by atoms with E-state index in [0.717, 1.165) is 0 Å². The number of imidazole rings is 2. The fourth-order valence-corrected chi connectivity index (χ4v) is 5.04. The van der Waals surface area contributed by atoms with Crippen LogP contribution in [0.25, 0.3) is 9.92 Å². The van der Waals surface area contributed by atoms with E-state index in [2.05, 4.69) is 9.97 Å². The van der Waals surface area contributed by atoms with Crippen LogP contribution in [0.5, 0.6) is 0 Å². The van der Waals surface area contributed by atoms with Crippen molar-refractivity contribution in [1.82, 2.24) is 18.8 Å². The Balaban J connectivity index is 1.46. The highest BCUT2D eigenvalue weighted by Crippen LogP contribution is 2.34. The SMILES string of the molecule is O=[N+]([O-])c1c(N2CCCN(c3nc4sccn4c3[N+](=O)[O-])CC2)nc2sccn12. The van der Waals surface area contributed by atoms with Crippen LogP contribution in [0.3, 0.4) is 0 Å². The van der Waals surface area contributed by atoms with E-state index < -0.39 is 9.85 Å². The van der Waals surface area contributed by atoms with Gasteiger partial charge in [-0.3, -0.25) is 0 Å². The average molecular weight is 434 g/mol. The molecule has 0 spiro atoms. The highest BCUT2D eigenvalue weighted by Gasteiger charge is 2.32. The summed E-state index contributed by atoms with van der Waals surface area (Å²) in [5, 5.41) is 26.8. The van der Waals surface area contributed by atoms with Crippen molar-refractivity contribution in [2.24, 2.45) is 0 Å². The lowest BCUT2D eigenvalue weighted by Crippen LogP contribution is -2.31. The van der Waals surface area contributed by atoms with Crippen molar-refractivity contribution in [1.29, 1.82) is 0 Å². The van der Waals surface area contributed by atoms with Gasteiger partial charge in [0.05, 0.1) is 0 Å². The van der Waals surface area contributed by atoms with Gasteiger partial charge in [0, 0.05) is 36.9 Å². The Bertz CT molecular complexity index is 1150. The molecule has 1 aliphatic heterocycles. The van der Waals surface area contributed by atoms with E-state index in [-0.39, 0.29) is 11.6 Å². The van der Waals surface area contributed by atoms with Gasteiger partial charge in [-0.15, -0.1) is 0 Å². The van der Waals surface area contributed by atoms with Crippen LogP contribution in [0.4, 0.5) is 23.3 Å². The van der Waals surface area contributed by atoms with Crippen molar-refractivity contribution >= 4 is 55.9 Å². The summed E-state index contributed by atoms with van der Waals surface area (Å²) in [6.45, 7) is 2.04. The van der Waals surface area contributed by atoms with Gasteiger partial charge in [-0.2, -0.15) is 18.8 Å². The first-order valence-electron chi connectivity index (χ1n) is 8.74. The van der Waals surface area contributed by atoms with E-state index in [4.69, 9.17) is 0 Å². The zero-order valence-corrected chi connectivity index (χ0v) is 16.5. The molecule has 0 atom stereocenters. The van der Waals surface area contributed by atoms with Crippen molar-refractivity contribution in [3.63, 3.8) is 0 Å². The van der Waals surface area contributed by atoms with Crippen LogP contribution in [-0.4, -0.2) is 54.8 Å². The summed E-state index contributed by atoms with van der Waals surface area (Å²) in [6, 6.07) is 0. The lowest BCUT2D eigenvalue weighted by Gasteiger charge is -2.21. The normalized spacial score (nSPS) is 15.3. The molecule has 29 heavy (non-hydrogen) atoms. The van der Waals surface area contributed by atoms with Gasteiger partial charge < -0.3 is 30.0 Å². The average Bonchev–Trinajstić information content (AvgIpc) is 3.38. The number of nitrogens with zero attached hydrogens (tertiary/aromatic N) is 8. The van der Waals surface area contributed by atoms with E-state index in [1.54, 1.807) is 23.2 Å². The summed E-state index contributed by atoms with van der Waals surface area (Å²) in [6.07, 6.45) is 3.95. The van der Waals surface area contributed by atoms with Gasteiger partial charge in [0.15, 0.2) is 0 Å². The van der Waals surface area contributed by atoms with Crippen molar-refractivity contribution in [3.05, 3.63) is 43.4 Å². The van der Waals surface area contributed by atoms with Crippen LogP contribution in [0, 0.1) is 20.2 Å². The van der Waals surface area contributed by atoms with E-state index in [9.17, 15) is 20.2 Å². The molecular weight excluding hydrogens is 420 g/mol. The minimum absolute atomic E-state index is 0.0526. The maximum atomic E-state index is 11.6. The predicted octanol–water partition coefficient (Wildman–Crippen LogP) is 2.64. The first kappa shape index (κ1) is 17.8. The molecule has 0 aromatic carbocycles. The molecule has 0 N–H and O–H groups in total. The molecule has 5 rings (SSSR count). The molecule has 0 aliphatic carbocycles. The number of rotatable bonds is 4. The molecule has 4 aromatic rings. The third-order valence-electron chi connectivity index (χ3n) is 4.88. The van der Waals surface area contributed by atoms with Gasteiger partial charge in [0.2, 0.25) is 11.6 Å². The summed E-state index contributed by atoms with van der Waals surface area (Å²) in [5.74, 6) is 0.569. The fraction of sp³-hybridized carbons (Fsp3) is 0.333. The number of nitro groups is 2. The van der Waals surface area contributed by atoms with Gasteiger partial charge in [0.1, 0.15) is 12.4 Å². The van der Waals surface area contributed by atoms with Gasteiger partial charge in [-0.1, -0.05) is 22.7 Å². The maximum Gasteiger partial charge on any atom is 0.373 e. The Morgan fingerprint density at radius 1 is 0.793 bits per heavy atom. The third kappa shape index (κ3) is 2.79. The van der Waals surface area contributed by atoms with Crippen molar-refractivity contribution in [3.8, 4) is 0 Å². The van der Waals surface area contributed by atoms with Crippen molar-refractivity contribution in [2.45, 2.75) is 6.42 Å². The summed E-state index contributed by atoms with van der Waals surface area (Å²) in [5.41, 5.74) is 0. The summed E-state index contributed by atoms with van der Waals surface area (Å²) >= 11 is 2.68. The highest BCUT2D eigenvalue weighted by atomic mass is 32.1. The zero-order valence-electron chi connectivity index (χ0n) is 14.9. The second-order valence-electron chi connectivity index (χ2n) is 6.47. The topological polar surface area (TPSA) is 127 Å². The predicted molar refractivity (Wildman–Crippen MR) is 108 cm³/mol. The molecule has 150 valence electrons. The van der Waals surface area contributed by atoms with E-state index in [1.807, 2.05) is 9.80 Å². The Morgan fingerprint density at radius 3 is 1.66 bits per heavy atom. The minimum Gasteiger partial charge on any atom is -0.358 e. The summed E-state index contributed by atoms with van der Waals surface area (Å²) < 4.78 is 2.97. The first-order valence-corrected chi connectivity index (χ1v) is 10.5. The Labute approximate surface area is 170 Å². The second-order valence-corrected chi connectivity index (χ2v) is 8.22. The van der Waals surface area contributed by atoms with Crippen molar-refractivity contribution < 1.29 is 9.85 Å². The highest BCUT2D eigenvalue weighted by molar-refractivity contribution is 7.15. The molecule has 0 amide bonds.